The first-order valence-corrected chi connectivity index (χ1v) is 6.72. The molecule has 104 valence electrons. The van der Waals surface area contributed by atoms with E-state index in [-0.39, 0.29) is 17.9 Å². The molecule has 0 aromatic carbocycles. The summed E-state index contributed by atoms with van der Waals surface area (Å²) in [5.74, 6) is 0.519. The smallest absolute Gasteiger partial charge is 0.410 e. The van der Waals surface area contributed by atoms with E-state index >= 15 is 0 Å². The van der Waals surface area contributed by atoms with E-state index in [1.807, 2.05) is 34.6 Å². The highest BCUT2D eigenvalue weighted by Crippen LogP contribution is 2.22. The topological polar surface area (TPSA) is 46.6 Å². The molecule has 1 amide bonds. The molecule has 18 heavy (non-hydrogen) atoms. The molecule has 1 saturated heterocycles. The number of carbonyl (C=O) groups is 2. The number of piperidine rings is 1. The molecular weight excluding hydrogens is 230 g/mol. The zero-order valence-corrected chi connectivity index (χ0v) is 12.2. The summed E-state index contributed by atoms with van der Waals surface area (Å²) in [5, 5.41) is 0. The Labute approximate surface area is 110 Å². The summed E-state index contributed by atoms with van der Waals surface area (Å²) in [6, 6.07) is 0. The second-order valence-electron chi connectivity index (χ2n) is 6.30. The fraction of sp³-hybridized carbons (Fsp3) is 0.857. The Morgan fingerprint density at radius 2 is 1.67 bits per heavy atom. The van der Waals surface area contributed by atoms with Gasteiger partial charge in [-0.1, -0.05) is 13.8 Å². The number of nitrogens with zero attached hydrogens (tertiary/aromatic N) is 1. The molecule has 0 bridgehead atoms. The van der Waals surface area contributed by atoms with Crippen LogP contribution in [0.15, 0.2) is 0 Å². The molecule has 4 heteroatoms. The van der Waals surface area contributed by atoms with Gasteiger partial charge in [0.05, 0.1) is 0 Å². The first-order valence-electron chi connectivity index (χ1n) is 6.72. The lowest BCUT2D eigenvalue weighted by molar-refractivity contribution is -0.127. The molecule has 1 fully saturated rings. The minimum atomic E-state index is -0.457. The van der Waals surface area contributed by atoms with Crippen molar-refractivity contribution in [3.8, 4) is 0 Å². The highest BCUT2D eigenvalue weighted by atomic mass is 16.6. The normalized spacial score (nSPS) is 18.0. The van der Waals surface area contributed by atoms with Gasteiger partial charge in [-0.25, -0.2) is 4.79 Å². The predicted molar refractivity (Wildman–Crippen MR) is 70.4 cm³/mol. The first-order chi connectivity index (χ1) is 8.20. The molecule has 0 N–H and O–H groups in total. The molecule has 0 radical (unpaired) electrons. The van der Waals surface area contributed by atoms with Crippen LogP contribution in [0.5, 0.6) is 0 Å². The van der Waals surface area contributed by atoms with Crippen molar-refractivity contribution in [2.24, 2.45) is 11.8 Å². The third-order valence-corrected chi connectivity index (χ3v) is 3.12. The maximum absolute atomic E-state index is 11.9. The lowest BCUT2D eigenvalue weighted by Gasteiger charge is -2.33. The van der Waals surface area contributed by atoms with Gasteiger partial charge in [-0.2, -0.15) is 0 Å². The number of ketones is 1. The van der Waals surface area contributed by atoms with Gasteiger partial charge in [0.1, 0.15) is 11.4 Å². The largest absolute Gasteiger partial charge is 0.444 e. The third-order valence-electron chi connectivity index (χ3n) is 3.12. The summed E-state index contributed by atoms with van der Waals surface area (Å²) >= 11 is 0. The summed E-state index contributed by atoms with van der Waals surface area (Å²) in [5.41, 5.74) is -0.457. The van der Waals surface area contributed by atoms with Crippen molar-refractivity contribution < 1.29 is 14.3 Å². The highest BCUT2D eigenvalue weighted by molar-refractivity contribution is 5.83. The monoisotopic (exact) mass is 255 g/mol. The number of ether oxygens (including phenoxy) is 1. The standard InChI is InChI=1S/C14H25NO3/c1-10(2)12(16)11-6-8-15(9-7-11)13(17)18-14(3,4)5/h10-11H,6-9H2,1-5H3. The maximum atomic E-state index is 11.9. The van der Waals surface area contributed by atoms with Crippen LogP contribution in [0.3, 0.4) is 0 Å². The van der Waals surface area contributed by atoms with Crippen molar-refractivity contribution in [2.75, 3.05) is 13.1 Å². The van der Waals surface area contributed by atoms with E-state index in [1.165, 1.54) is 0 Å². The molecule has 4 nitrogen and oxygen atoms in total. The van der Waals surface area contributed by atoms with Crippen LogP contribution in [-0.2, 0) is 9.53 Å². The number of amides is 1. The van der Waals surface area contributed by atoms with Crippen molar-refractivity contribution in [1.29, 1.82) is 0 Å². The van der Waals surface area contributed by atoms with Crippen molar-refractivity contribution in [3.05, 3.63) is 0 Å². The van der Waals surface area contributed by atoms with Gasteiger partial charge in [0.25, 0.3) is 0 Å². The molecule has 0 unspecified atom stereocenters. The summed E-state index contributed by atoms with van der Waals surface area (Å²) in [4.78, 5) is 25.4. The Kier molecular flexibility index (Phi) is 4.77. The van der Waals surface area contributed by atoms with E-state index in [1.54, 1.807) is 4.90 Å². The average Bonchev–Trinajstić information content (AvgIpc) is 2.26. The van der Waals surface area contributed by atoms with Gasteiger partial charge in [0, 0.05) is 24.9 Å². The Morgan fingerprint density at radius 3 is 2.06 bits per heavy atom. The molecule has 0 saturated carbocycles. The van der Waals surface area contributed by atoms with E-state index in [9.17, 15) is 9.59 Å². The molecule has 1 aliphatic heterocycles. The maximum Gasteiger partial charge on any atom is 0.410 e. The SMILES string of the molecule is CC(C)C(=O)C1CCN(C(=O)OC(C)(C)C)CC1. The van der Waals surface area contributed by atoms with E-state index < -0.39 is 5.60 Å². The Bertz CT molecular complexity index is 309. The second-order valence-corrected chi connectivity index (χ2v) is 6.30. The fourth-order valence-corrected chi connectivity index (χ4v) is 2.14. The molecule has 0 aromatic rings. The van der Waals surface area contributed by atoms with Crippen LogP contribution in [0.1, 0.15) is 47.5 Å². The molecule has 0 atom stereocenters. The van der Waals surface area contributed by atoms with Gasteiger partial charge in [-0.15, -0.1) is 0 Å². The van der Waals surface area contributed by atoms with Crippen LogP contribution < -0.4 is 0 Å². The number of Topliss-reactive ketones (excluding diaryl/α,β-unsaturated/α-hetero) is 1. The fourth-order valence-electron chi connectivity index (χ4n) is 2.14. The molecule has 0 spiro atoms. The molecule has 1 aliphatic rings. The molecule has 1 heterocycles. The summed E-state index contributed by atoms with van der Waals surface area (Å²) in [7, 11) is 0. The number of likely N-dealkylation sites (tertiary alicyclic amines) is 1. The first kappa shape index (κ1) is 15.0. The second kappa shape index (κ2) is 5.72. The number of hydrogen-bond donors (Lipinski definition) is 0. The lowest BCUT2D eigenvalue weighted by Crippen LogP contribution is -2.43. The Hall–Kier alpha value is -1.06. The third kappa shape index (κ3) is 4.31. The number of carbonyl (C=O) groups excluding carboxylic acids is 2. The average molecular weight is 255 g/mol. The Morgan fingerprint density at radius 1 is 1.17 bits per heavy atom. The summed E-state index contributed by atoms with van der Waals surface area (Å²) in [6.07, 6.45) is 1.25. The van der Waals surface area contributed by atoms with Gasteiger partial charge < -0.3 is 9.64 Å². The van der Waals surface area contributed by atoms with Crippen LogP contribution >= 0.6 is 0 Å². The zero-order valence-electron chi connectivity index (χ0n) is 12.2. The summed E-state index contributed by atoms with van der Waals surface area (Å²) in [6.45, 7) is 10.7. The predicted octanol–water partition coefficient (Wildman–Crippen LogP) is 2.86. The lowest BCUT2D eigenvalue weighted by atomic mass is 9.87. The Balaban J connectivity index is 2.44. The van der Waals surface area contributed by atoms with Crippen LogP contribution in [0.4, 0.5) is 4.79 Å². The van der Waals surface area contributed by atoms with Crippen LogP contribution in [0.25, 0.3) is 0 Å². The van der Waals surface area contributed by atoms with E-state index in [0.29, 0.717) is 18.9 Å². The van der Waals surface area contributed by atoms with Crippen molar-refractivity contribution in [1.82, 2.24) is 4.90 Å². The van der Waals surface area contributed by atoms with Crippen LogP contribution in [0, 0.1) is 11.8 Å². The summed E-state index contributed by atoms with van der Waals surface area (Å²) < 4.78 is 5.32. The quantitative estimate of drug-likeness (QED) is 0.762. The van der Waals surface area contributed by atoms with Gasteiger partial charge >= 0.3 is 6.09 Å². The van der Waals surface area contributed by atoms with Crippen molar-refractivity contribution >= 4 is 11.9 Å². The molecular formula is C14H25NO3. The zero-order chi connectivity index (χ0) is 13.9. The van der Waals surface area contributed by atoms with E-state index in [2.05, 4.69) is 0 Å². The molecule has 1 rings (SSSR count). The minimum absolute atomic E-state index is 0.0862. The molecule has 0 aliphatic carbocycles. The highest BCUT2D eigenvalue weighted by Gasteiger charge is 2.30. The number of rotatable bonds is 2. The molecule has 0 aromatic heterocycles. The van der Waals surface area contributed by atoms with Gasteiger partial charge in [0.2, 0.25) is 0 Å². The van der Waals surface area contributed by atoms with E-state index in [4.69, 9.17) is 4.74 Å². The van der Waals surface area contributed by atoms with Crippen molar-refractivity contribution in [2.45, 2.75) is 53.1 Å². The number of hydrogen-bond acceptors (Lipinski definition) is 3. The van der Waals surface area contributed by atoms with Gasteiger partial charge in [-0.05, 0) is 33.6 Å². The van der Waals surface area contributed by atoms with E-state index in [0.717, 1.165) is 12.8 Å². The van der Waals surface area contributed by atoms with Crippen LogP contribution in [-0.4, -0.2) is 35.5 Å². The van der Waals surface area contributed by atoms with Crippen molar-refractivity contribution in [3.63, 3.8) is 0 Å². The van der Waals surface area contributed by atoms with Gasteiger partial charge in [-0.3, -0.25) is 4.79 Å². The van der Waals surface area contributed by atoms with Crippen LogP contribution in [0.2, 0.25) is 0 Å². The van der Waals surface area contributed by atoms with Gasteiger partial charge in [0.15, 0.2) is 0 Å². The minimum Gasteiger partial charge on any atom is -0.444 e.